The first-order valence-corrected chi connectivity index (χ1v) is 9.49. The van der Waals surface area contributed by atoms with Gasteiger partial charge in [0.1, 0.15) is 4.83 Å². The molecule has 4 rings (SSSR count). The van der Waals surface area contributed by atoms with Gasteiger partial charge in [-0.2, -0.15) is 5.10 Å². The predicted molar refractivity (Wildman–Crippen MR) is 101 cm³/mol. The Balaban J connectivity index is 1.62. The van der Waals surface area contributed by atoms with Gasteiger partial charge < -0.3 is 10.6 Å². The third kappa shape index (κ3) is 3.19. The molecule has 25 heavy (non-hydrogen) atoms. The van der Waals surface area contributed by atoms with Gasteiger partial charge in [0.05, 0.1) is 17.1 Å². The number of carbonyl (C=O) groups is 1. The van der Waals surface area contributed by atoms with Gasteiger partial charge in [0, 0.05) is 24.5 Å². The molecule has 0 spiro atoms. The largest absolute Gasteiger partial charge is 0.338 e. The second-order valence-corrected chi connectivity index (χ2v) is 7.72. The first-order chi connectivity index (χ1) is 12.1. The number of carbonyl (C=O) groups excluding carboxylic acids is 1. The van der Waals surface area contributed by atoms with Gasteiger partial charge in [-0.15, -0.1) is 11.3 Å². The average molecular weight is 354 g/mol. The molecule has 0 radical (unpaired) electrons. The maximum Gasteiger partial charge on any atom is 0.264 e. The minimum atomic E-state index is 0.124. The average Bonchev–Trinajstić information content (AvgIpc) is 3.18. The summed E-state index contributed by atoms with van der Waals surface area (Å²) in [5, 5.41) is 5.74. The first-order valence-electron chi connectivity index (χ1n) is 8.67. The minimum absolute atomic E-state index is 0.124. The highest BCUT2D eigenvalue weighted by Gasteiger charge is 2.24. The molecular formula is C19H22N4OS. The Morgan fingerprint density at radius 2 is 2.00 bits per heavy atom. The summed E-state index contributed by atoms with van der Waals surface area (Å²) in [5.41, 5.74) is 8.13. The van der Waals surface area contributed by atoms with Gasteiger partial charge in [0.25, 0.3) is 5.91 Å². The van der Waals surface area contributed by atoms with Crippen LogP contribution in [0.15, 0.2) is 36.4 Å². The smallest absolute Gasteiger partial charge is 0.264 e. The summed E-state index contributed by atoms with van der Waals surface area (Å²) in [7, 11) is 0. The van der Waals surface area contributed by atoms with Gasteiger partial charge in [0.15, 0.2) is 0 Å². The normalized spacial score (nSPS) is 15.8. The number of aryl methyl sites for hydroxylation is 1. The number of likely N-dealkylation sites (tertiary alicyclic amines) is 1. The van der Waals surface area contributed by atoms with E-state index in [1.54, 1.807) is 11.3 Å². The van der Waals surface area contributed by atoms with E-state index in [2.05, 4.69) is 17.2 Å². The molecule has 5 nitrogen and oxygen atoms in total. The Bertz CT molecular complexity index is 891. The van der Waals surface area contributed by atoms with Crippen LogP contribution in [0.3, 0.4) is 0 Å². The fourth-order valence-corrected chi connectivity index (χ4v) is 4.47. The number of amides is 1. The van der Waals surface area contributed by atoms with Gasteiger partial charge >= 0.3 is 0 Å². The van der Waals surface area contributed by atoms with Crippen LogP contribution in [-0.2, 0) is 6.54 Å². The number of fused-ring (bicyclic) bond motifs is 1. The Morgan fingerprint density at radius 3 is 2.72 bits per heavy atom. The summed E-state index contributed by atoms with van der Waals surface area (Å²) in [6, 6.07) is 12.5. The van der Waals surface area contributed by atoms with E-state index in [9.17, 15) is 4.79 Å². The molecule has 0 atom stereocenters. The molecule has 6 heteroatoms. The summed E-state index contributed by atoms with van der Waals surface area (Å²) in [5.74, 6) is 0.124. The van der Waals surface area contributed by atoms with Crippen LogP contribution in [-0.4, -0.2) is 39.7 Å². The van der Waals surface area contributed by atoms with E-state index in [0.717, 1.165) is 53.3 Å². The minimum Gasteiger partial charge on any atom is -0.338 e. The summed E-state index contributed by atoms with van der Waals surface area (Å²) >= 11 is 1.54. The Labute approximate surface area is 151 Å². The lowest BCUT2D eigenvalue weighted by atomic mass is 10.1. The van der Waals surface area contributed by atoms with Crippen LogP contribution in [0.1, 0.15) is 33.8 Å². The molecule has 0 saturated carbocycles. The second kappa shape index (κ2) is 6.61. The van der Waals surface area contributed by atoms with Crippen LogP contribution in [0.25, 0.3) is 10.2 Å². The molecule has 0 unspecified atom stereocenters. The first kappa shape index (κ1) is 16.3. The van der Waals surface area contributed by atoms with Gasteiger partial charge in [-0.25, -0.2) is 0 Å². The third-order valence-electron chi connectivity index (χ3n) is 4.82. The predicted octanol–water partition coefficient (Wildman–Crippen LogP) is 3.02. The molecule has 2 N–H and O–H groups in total. The van der Waals surface area contributed by atoms with E-state index in [4.69, 9.17) is 5.73 Å². The summed E-state index contributed by atoms with van der Waals surface area (Å²) in [6.45, 7) is 4.23. The zero-order valence-electron chi connectivity index (χ0n) is 14.3. The SMILES string of the molecule is Cc1nn(Cc2ccccc2)c2sc(C(=O)N3CCC(N)CC3)cc12. The van der Waals surface area contributed by atoms with E-state index in [-0.39, 0.29) is 11.9 Å². The third-order valence-corrected chi connectivity index (χ3v) is 5.96. The number of nitrogens with zero attached hydrogens (tertiary/aromatic N) is 3. The number of benzene rings is 1. The number of thiophene rings is 1. The fourth-order valence-electron chi connectivity index (χ4n) is 3.34. The molecule has 130 valence electrons. The molecule has 2 aromatic heterocycles. The van der Waals surface area contributed by atoms with Crippen molar-refractivity contribution < 1.29 is 4.79 Å². The van der Waals surface area contributed by atoms with Gasteiger partial charge in [-0.1, -0.05) is 30.3 Å². The molecule has 0 aliphatic carbocycles. The molecule has 1 aromatic carbocycles. The van der Waals surface area contributed by atoms with Crippen molar-refractivity contribution in [2.24, 2.45) is 5.73 Å². The number of hydrogen-bond donors (Lipinski definition) is 1. The van der Waals surface area contributed by atoms with E-state index < -0.39 is 0 Å². The van der Waals surface area contributed by atoms with Gasteiger partial charge in [0.2, 0.25) is 0 Å². The fraction of sp³-hybridized carbons (Fsp3) is 0.368. The van der Waals surface area contributed by atoms with Crippen molar-refractivity contribution in [2.75, 3.05) is 13.1 Å². The molecule has 1 aliphatic rings. The highest BCUT2D eigenvalue weighted by atomic mass is 32.1. The van der Waals surface area contributed by atoms with Crippen molar-refractivity contribution in [1.82, 2.24) is 14.7 Å². The van der Waals surface area contributed by atoms with E-state index in [0.29, 0.717) is 0 Å². The maximum atomic E-state index is 12.8. The van der Waals surface area contributed by atoms with Gasteiger partial charge in [-0.3, -0.25) is 9.48 Å². The number of hydrogen-bond acceptors (Lipinski definition) is 4. The number of aromatic nitrogens is 2. The quantitative estimate of drug-likeness (QED) is 0.786. The number of nitrogens with two attached hydrogens (primary N) is 1. The summed E-state index contributed by atoms with van der Waals surface area (Å²) < 4.78 is 2.01. The molecule has 0 bridgehead atoms. The molecular weight excluding hydrogens is 332 g/mol. The number of piperidine rings is 1. The zero-order chi connectivity index (χ0) is 17.4. The van der Waals surface area contributed by atoms with Crippen molar-refractivity contribution in [1.29, 1.82) is 0 Å². The highest BCUT2D eigenvalue weighted by molar-refractivity contribution is 7.20. The lowest BCUT2D eigenvalue weighted by molar-refractivity contribution is 0.0720. The Morgan fingerprint density at radius 1 is 1.28 bits per heavy atom. The maximum absolute atomic E-state index is 12.8. The standard InChI is InChI=1S/C19H22N4OS/c1-13-16-11-17(18(24)22-9-7-15(20)8-10-22)25-19(16)23(21-13)12-14-5-3-2-4-6-14/h2-6,11,15H,7-10,12,20H2,1H3. The van der Waals surface area contributed by atoms with Crippen LogP contribution < -0.4 is 5.73 Å². The van der Waals surface area contributed by atoms with E-state index >= 15 is 0 Å². The van der Waals surface area contributed by atoms with Crippen molar-refractivity contribution in [2.45, 2.75) is 32.4 Å². The van der Waals surface area contributed by atoms with E-state index in [1.807, 2.05) is 40.8 Å². The highest BCUT2D eigenvalue weighted by Crippen LogP contribution is 2.30. The Kier molecular flexibility index (Phi) is 4.31. The van der Waals surface area contributed by atoms with Gasteiger partial charge in [-0.05, 0) is 31.4 Å². The molecule has 1 amide bonds. The van der Waals surface area contributed by atoms with Crippen molar-refractivity contribution in [3.8, 4) is 0 Å². The lowest BCUT2D eigenvalue weighted by Crippen LogP contribution is -2.42. The molecule has 1 saturated heterocycles. The lowest BCUT2D eigenvalue weighted by Gasteiger charge is -2.29. The molecule has 1 aliphatic heterocycles. The van der Waals surface area contributed by atoms with Crippen molar-refractivity contribution >= 4 is 27.5 Å². The van der Waals surface area contributed by atoms with Crippen molar-refractivity contribution in [3.05, 3.63) is 52.5 Å². The Hall–Kier alpha value is -2.18. The molecule has 3 heterocycles. The van der Waals surface area contributed by atoms with Crippen LogP contribution in [0, 0.1) is 6.92 Å². The van der Waals surface area contributed by atoms with Crippen LogP contribution in [0.2, 0.25) is 0 Å². The van der Waals surface area contributed by atoms with Crippen molar-refractivity contribution in [3.63, 3.8) is 0 Å². The van der Waals surface area contributed by atoms with Crippen LogP contribution >= 0.6 is 11.3 Å². The molecule has 3 aromatic rings. The van der Waals surface area contributed by atoms with Crippen LogP contribution in [0.4, 0.5) is 0 Å². The summed E-state index contributed by atoms with van der Waals surface area (Å²) in [6.07, 6.45) is 1.77. The monoisotopic (exact) mass is 354 g/mol. The van der Waals surface area contributed by atoms with Crippen LogP contribution in [0.5, 0.6) is 0 Å². The molecule has 1 fully saturated rings. The van der Waals surface area contributed by atoms with E-state index in [1.165, 1.54) is 5.56 Å². The number of rotatable bonds is 3. The summed E-state index contributed by atoms with van der Waals surface area (Å²) in [4.78, 5) is 16.6. The topological polar surface area (TPSA) is 64.2 Å². The zero-order valence-corrected chi connectivity index (χ0v) is 15.1. The second-order valence-electron chi connectivity index (χ2n) is 6.69.